The van der Waals surface area contributed by atoms with Gasteiger partial charge in [-0.3, -0.25) is 9.59 Å². The first-order valence-corrected chi connectivity index (χ1v) is 15.0. The number of amides is 2. The zero-order valence-corrected chi connectivity index (χ0v) is 22.7. The molecule has 2 amide bonds. The van der Waals surface area contributed by atoms with E-state index in [1.54, 1.807) is 53.0 Å². The average molecular weight is 564 g/mol. The summed E-state index contributed by atoms with van der Waals surface area (Å²) in [6.07, 6.45) is 0. The molecule has 38 heavy (non-hydrogen) atoms. The third-order valence-electron chi connectivity index (χ3n) is 6.38. The summed E-state index contributed by atoms with van der Waals surface area (Å²) in [5.74, 6) is -1.50. The number of primary sulfonamides is 1. The Kier molecular flexibility index (Phi) is 7.31. The van der Waals surface area contributed by atoms with Gasteiger partial charge >= 0.3 is 0 Å². The van der Waals surface area contributed by atoms with Crippen LogP contribution in [0, 0.1) is 11.8 Å². The third kappa shape index (κ3) is 5.63. The van der Waals surface area contributed by atoms with E-state index in [0.717, 1.165) is 10.4 Å². The van der Waals surface area contributed by atoms with E-state index >= 15 is 0 Å². The maximum Gasteiger partial charge on any atom is 0.238 e. The number of rotatable bonds is 9. The van der Waals surface area contributed by atoms with Crippen LogP contribution in [0.5, 0.6) is 0 Å². The van der Waals surface area contributed by atoms with E-state index < -0.39 is 21.9 Å². The fraction of sp³-hybridized carbons (Fsp3) is 0.143. The Hall–Kier alpha value is -3.57. The molecule has 194 valence electrons. The quantitative estimate of drug-likeness (QED) is 0.259. The van der Waals surface area contributed by atoms with Crippen LogP contribution >= 0.6 is 22.7 Å². The van der Waals surface area contributed by atoms with Gasteiger partial charge in [0, 0.05) is 26.7 Å². The molecule has 2 atom stereocenters. The SMILES string of the molecule is C=C1C(C(=O)NCc2ccc(-c3ccccc3S(N)(=O)=O)cc2)C1C(=O)NCc1ccc(-c2cccs2)s1. The zero-order valence-electron chi connectivity index (χ0n) is 20.2. The molecule has 7 nitrogen and oxygen atoms in total. The lowest BCUT2D eigenvalue weighted by Crippen LogP contribution is -2.29. The van der Waals surface area contributed by atoms with E-state index in [9.17, 15) is 18.0 Å². The molecule has 4 aromatic rings. The molecule has 0 aliphatic heterocycles. The Morgan fingerprint density at radius 3 is 2.18 bits per heavy atom. The number of hydrogen-bond acceptors (Lipinski definition) is 6. The molecule has 5 rings (SSSR count). The van der Waals surface area contributed by atoms with E-state index in [1.165, 1.54) is 15.8 Å². The molecular weight excluding hydrogens is 539 g/mol. The van der Waals surface area contributed by atoms with E-state index in [2.05, 4.69) is 29.3 Å². The van der Waals surface area contributed by atoms with E-state index in [4.69, 9.17) is 5.14 Å². The van der Waals surface area contributed by atoms with Gasteiger partial charge in [-0.05, 0) is 40.8 Å². The molecule has 2 unspecified atom stereocenters. The average Bonchev–Trinajstić information content (AvgIpc) is 3.28. The lowest BCUT2D eigenvalue weighted by molar-refractivity contribution is -0.127. The summed E-state index contributed by atoms with van der Waals surface area (Å²) < 4.78 is 23.8. The minimum atomic E-state index is -3.86. The number of thiophene rings is 2. The maximum absolute atomic E-state index is 12.7. The van der Waals surface area contributed by atoms with Crippen LogP contribution in [-0.4, -0.2) is 20.2 Å². The first-order valence-electron chi connectivity index (χ1n) is 11.8. The maximum atomic E-state index is 12.7. The number of nitrogens with two attached hydrogens (primary N) is 1. The van der Waals surface area contributed by atoms with Crippen molar-refractivity contribution in [3.8, 4) is 20.9 Å². The van der Waals surface area contributed by atoms with Crippen LogP contribution in [0.25, 0.3) is 20.9 Å². The molecule has 2 aromatic heterocycles. The summed E-state index contributed by atoms with van der Waals surface area (Å²) in [6.45, 7) is 4.60. The van der Waals surface area contributed by atoms with Crippen LogP contribution in [0.15, 0.2) is 95.2 Å². The first-order chi connectivity index (χ1) is 18.2. The van der Waals surface area contributed by atoms with Crippen molar-refractivity contribution in [1.29, 1.82) is 0 Å². The van der Waals surface area contributed by atoms with Gasteiger partial charge in [0.15, 0.2) is 0 Å². The largest absolute Gasteiger partial charge is 0.351 e. The highest BCUT2D eigenvalue weighted by molar-refractivity contribution is 7.89. The number of carbonyl (C=O) groups excluding carboxylic acids is 2. The molecule has 1 saturated carbocycles. The molecule has 1 aliphatic rings. The van der Waals surface area contributed by atoms with Gasteiger partial charge in [0.1, 0.15) is 0 Å². The Morgan fingerprint density at radius 1 is 0.842 bits per heavy atom. The number of benzene rings is 2. The number of carbonyl (C=O) groups is 2. The van der Waals surface area contributed by atoms with Crippen LogP contribution in [-0.2, 0) is 32.7 Å². The van der Waals surface area contributed by atoms with Crippen molar-refractivity contribution in [2.24, 2.45) is 17.0 Å². The normalized spacial score (nSPS) is 16.7. The van der Waals surface area contributed by atoms with E-state index in [0.29, 0.717) is 23.2 Å². The lowest BCUT2D eigenvalue weighted by atomic mass is 10.0. The van der Waals surface area contributed by atoms with Crippen molar-refractivity contribution in [2.75, 3.05) is 0 Å². The van der Waals surface area contributed by atoms with Gasteiger partial charge in [0.05, 0.1) is 23.3 Å². The fourth-order valence-corrected chi connectivity index (χ4v) is 6.86. The molecule has 0 saturated heterocycles. The topological polar surface area (TPSA) is 118 Å². The summed E-state index contributed by atoms with van der Waals surface area (Å²) in [5, 5.41) is 13.2. The summed E-state index contributed by atoms with van der Waals surface area (Å²) in [7, 11) is -3.86. The van der Waals surface area contributed by atoms with Crippen molar-refractivity contribution in [3.05, 3.63) is 101 Å². The van der Waals surface area contributed by atoms with Crippen LogP contribution in [0.3, 0.4) is 0 Å². The highest BCUT2D eigenvalue weighted by Crippen LogP contribution is 2.44. The molecule has 4 N–H and O–H groups in total. The second kappa shape index (κ2) is 10.7. The smallest absolute Gasteiger partial charge is 0.238 e. The van der Waals surface area contributed by atoms with Gasteiger partial charge in [-0.2, -0.15) is 0 Å². The predicted molar refractivity (Wildman–Crippen MR) is 151 cm³/mol. The second-order valence-corrected chi connectivity index (χ2v) is 12.6. The molecule has 2 aromatic carbocycles. The Balaban J connectivity index is 1.13. The van der Waals surface area contributed by atoms with Crippen molar-refractivity contribution in [2.45, 2.75) is 18.0 Å². The molecular formula is C28H25N3O4S3. The number of sulfonamides is 1. The Morgan fingerprint density at radius 2 is 1.53 bits per heavy atom. The summed E-state index contributed by atoms with van der Waals surface area (Å²) in [5.41, 5.74) is 2.66. The summed E-state index contributed by atoms with van der Waals surface area (Å²) in [6, 6.07) is 21.9. The van der Waals surface area contributed by atoms with Crippen molar-refractivity contribution in [1.82, 2.24) is 10.6 Å². The number of nitrogens with one attached hydrogen (secondary N) is 2. The minimum absolute atomic E-state index is 0.0552. The van der Waals surface area contributed by atoms with Crippen LogP contribution < -0.4 is 15.8 Å². The molecule has 2 heterocycles. The zero-order chi connectivity index (χ0) is 26.9. The van der Waals surface area contributed by atoms with Gasteiger partial charge in [-0.1, -0.05) is 60.7 Å². The third-order valence-corrected chi connectivity index (χ3v) is 9.50. The van der Waals surface area contributed by atoms with Gasteiger partial charge < -0.3 is 10.6 Å². The van der Waals surface area contributed by atoms with Gasteiger partial charge in [-0.25, -0.2) is 13.6 Å². The molecule has 10 heteroatoms. The summed E-state index contributed by atoms with van der Waals surface area (Å²) in [4.78, 5) is 28.9. The Bertz CT molecular complexity index is 1610. The van der Waals surface area contributed by atoms with E-state index in [1.807, 2.05) is 29.6 Å². The van der Waals surface area contributed by atoms with Gasteiger partial charge in [0.25, 0.3) is 0 Å². The second-order valence-electron chi connectivity index (χ2n) is 8.95. The first kappa shape index (κ1) is 26.1. The highest BCUT2D eigenvalue weighted by Gasteiger charge is 2.52. The van der Waals surface area contributed by atoms with Gasteiger partial charge in [0.2, 0.25) is 21.8 Å². The molecule has 1 fully saturated rings. The van der Waals surface area contributed by atoms with Crippen molar-refractivity contribution in [3.63, 3.8) is 0 Å². The lowest BCUT2D eigenvalue weighted by Gasteiger charge is -2.09. The fourth-order valence-electron chi connectivity index (χ4n) is 4.32. The highest BCUT2D eigenvalue weighted by atomic mass is 32.2. The van der Waals surface area contributed by atoms with Crippen molar-refractivity contribution >= 4 is 44.5 Å². The predicted octanol–water partition coefficient (Wildman–Crippen LogP) is 4.53. The minimum Gasteiger partial charge on any atom is -0.351 e. The monoisotopic (exact) mass is 563 g/mol. The molecule has 0 spiro atoms. The molecule has 0 radical (unpaired) electrons. The van der Waals surface area contributed by atoms with Crippen LogP contribution in [0.1, 0.15) is 10.4 Å². The molecule has 0 bridgehead atoms. The van der Waals surface area contributed by atoms with E-state index in [-0.39, 0.29) is 23.3 Å². The molecule has 1 aliphatic carbocycles. The standard InChI is InChI=1S/C28H25N3O4S3/c1-17-25(26(17)28(33)31-16-20-12-13-23(37-20)22-6-4-14-36-22)27(32)30-15-18-8-10-19(11-9-18)21-5-2-3-7-24(21)38(29,34)35/h2-14,25-26H,1,15-16H2,(H,30,32)(H,31,33)(H2,29,34,35). The van der Waals surface area contributed by atoms with Crippen LogP contribution in [0.4, 0.5) is 0 Å². The Labute approximate surface area is 229 Å². The van der Waals surface area contributed by atoms with Crippen molar-refractivity contribution < 1.29 is 18.0 Å². The number of hydrogen-bond donors (Lipinski definition) is 3. The van der Waals surface area contributed by atoms with Crippen LogP contribution in [0.2, 0.25) is 0 Å². The van der Waals surface area contributed by atoms with Gasteiger partial charge in [-0.15, -0.1) is 22.7 Å². The summed E-state index contributed by atoms with van der Waals surface area (Å²) >= 11 is 3.31.